The van der Waals surface area contributed by atoms with Gasteiger partial charge in [0, 0.05) is 10.9 Å². The van der Waals surface area contributed by atoms with Gasteiger partial charge in [0.1, 0.15) is 0 Å². The predicted molar refractivity (Wildman–Crippen MR) is 106 cm³/mol. The molecule has 0 radical (unpaired) electrons. The fourth-order valence-corrected chi connectivity index (χ4v) is 4.55. The molecule has 1 saturated heterocycles. The van der Waals surface area contributed by atoms with Crippen LogP contribution in [0.3, 0.4) is 0 Å². The molecule has 3 rings (SSSR count). The number of benzene rings is 1. The maximum Gasteiger partial charge on any atom is 0.234 e. The topological polar surface area (TPSA) is 52.6 Å². The van der Waals surface area contributed by atoms with E-state index in [1.165, 1.54) is 5.56 Å². The zero-order valence-electron chi connectivity index (χ0n) is 15.5. The Hall–Kier alpha value is -1.69. The first-order valence-electron chi connectivity index (χ1n) is 9.32. The number of carbonyl (C=O) groups is 1. The van der Waals surface area contributed by atoms with E-state index in [1.54, 1.807) is 11.3 Å². The Morgan fingerprint density at radius 2 is 2.12 bits per heavy atom. The zero-order valence-corrected chi connectivity index (χ0v) is 16.3. The number of aliphatic hydroxyl groups is 1. The summed E-state index contributed by atoms with van der Waals surface area (Å²) in [6.07, 6.45) is 2.20. The van der Waals surface area contributed by atoms with Crippen molar-refractivity contribution in [3.05, 3.63) is 57.8 Å². The van der Waals surface area contributed by atoms with Crippen LogP contribution < -0.4 is 5.32 Å². The molecule has 1 aromatic heterocycles. The highest BCUT2D eigenvalue weighted by Gasteiger charge is 2.29. The number of nitrogens with one attached hydrogen (secondary N) is 1. The Labute approximate surface area is 159 Å². The fourth-order valence-electron chi connectivity index (χ4n) is 3.75. The van der Waals surface area contributed by atoms with Gasteiger partial charge in [-0.25, -0.2) is 0 Å². The number of rotatable bonds is 6. The number of nitrogens with zero attached hydrogens (tertiary/aromatic N) is 1. The van der Waals surface area contributed by atoms with E-state index >= 15 is 0 Å². The molecule has 140 valence electrons. The van der Waals surface area contributed by atoms with Gasteiger partial charge in [-0.3, -0.25) is 9.69 Å². The maximum atomic E-state index is 12.8. The second kappa shape index (κ2) is 8.80. The third-order valence-electron chi connectivity index (χ3n) is 5.31. The highest BCUT2D eigenvalue weighted by molar-refractivity contribution is 7.10. The van der Waals surface area contributed by atoms with Gasteiger partial charge < -0.3 is 10.4 Å². The average molecular weight is 373 g/mol. The van der Waals surface area contributed by atoms with Gasteiger partial charge in [0.2, 0.25) is 5.91 Å². The third kappa shape index (κ3) is 4.53. The summed E-state index contributed by atoms with van der Waals surface area (Å²) in [5.74, 6) is 0.434. The van der Waals surface area contributed by atoms with Crippen LogP contribution >= 0.6 is 11.3 Å². The lowest BCUT2D eigenvalue weighted by atomic mass is 9.91. The average Bonchev–Trinajstić information content (AvgIpc) is 3.15. The number of hydrogen-bond donors (Lipinski definition) is 2. The SMILES string of the molecule is Cc1ccc([C@H](NC(=O)CN2CCC[C@H](C)[C@H]2CO)c2cccs2)cc1. The van der Waals surface area contributed by atoms with Crippen molar-refractivity contribution in [2.24, 2.45) is 5.92 Å². The highest BCUT2D eigenvalue weighted by atomic mass is 32.1. The number of aliphatic hydroxyl groups excluding tert-OH is 1. The number of amides is 1. The summed E-state index contributed by atoms with van der Waals surface area (Å²) in [7, 11) is 0. The molecule has 2 N–H and O–H groups in total. The van der Waals surface area contributed by atoms with Gasteiger partial charge in [-0.15, -0.1) is 11.3 Å². The lowest BCUT2D eigenvalue weighted by molar-refractivity contribution is -0.124. The molecule has 0 aliphatic carbocycles. The van der Waals surface area contributed by atoms with Crippen LogP contribution in [-0.4, -0.2) is 41.7 Å². The summed E-state index contributed by atoms with van der Waals surface area (Å²) in [6, 6.07) is 12.4. The molecule has 26 heavy (non-hydrogen) atoms. The fraction of sp³-hybridized carbons (Fsp3) is 0.476. The molecular formula is C21H28N2O2S. The Kier molecular flexibility index (Phi) is 6.46. The van der Waals surface area contributed by atoms with E-state index in [0.717, 1.165) is 29.8 Å². The summed E-state index contributed by atoms with van der Waals surface area (Å²) in [6.45, 7) is 5.54. The van der Waals surface area contributed by atoms with E-state index in [9.17, 15) is 9.90 Å². The van der Waals surface area contributed by atoms with Gasteiger partial charge in [-0.2, -0.15) is 0 Å². The van der Waals surface area contributed by atoms with E-state index in [1.807, 2.05) is 11.4 Å². The van der Waals surface area contributed by atoms with Crippen LogP contribution in [0, 0.1) is 12.8 Å². The molecule has 5 heteroatoms. The normalized spacial score (nSPS) is 22.1. The minimum atomic E-state index is -0.127. The summed E-state index contributed by atoms with van der Waals surface area (Å²) < 4.78 is 0. The van der Waals surface area contributed by atoms with Crippen molar-refractivity contribution in [2.75, 3.05) is 19.7 Å². The van der Waals surface area contributed by atoms with Crippen LogP contribution in [0.25, 0.3) is 0 Å². The minimum absolute atomic E-state index is 0.0107. The van der Waals surface area contributed by atoms with Crippen molar-refractivity contribution in [2.45, 2.75) is 38.8 Å². The van der Waals surface area contributed by atoms with Gasteiger partial charge in [0.15, 0.2) is 0 Å². The van der Waals surface area contributed by atoms with Crippen molar-refractivity contribution in [1.82, 2.24) is 10.2 Å². The Morgan fingerprint density at radius 3 is 2.77 bits per heavy atom. The first kappa shape index (κ1) is 19.1. The van der Waals surface area contributed by atoms with Crippen LogP contribution in [0.2, 0.25) is 0 Å². The number of likely N-dealkylation sites (tertiary alicyclic amines) is 1. The van der Waals surface area contributed by atoms with Crippen molar-refractivity contribution < 1.29 is 9.90 Å². The number of hydrogen-bond acceptors (Lipinski definition) is 4. The van der Waals surface area contributed by atoms with E-state index in [-0.39, 0.29) is 24.6 Å². The first-order chi connectivity index (χ1) is 12.6. The predicted octanol–water partition coefficient (Wildman–Crippen LogP) is 3.35. The van der Waals surface area contributed by atoms with Gasteiger partial charge in [0.05, 0.1) is 19.2 Å². The second-order valence-corrected chi connectivity index (χ2v) is 8.25. The molecule has 1 aliphatic rings. The molecule has 0 bridgehead atoms. The molecule has 4 nitrogen and oxygen atoms in total. The standard InChI is InChI=1S/C21H28N2O2S/c1-15-7-9-17(10-8-15)21(19-6-4-12-26-19)22-20(25)13-23-11-3-5-16(2)18(23)14-24/h4,6-10,12,16,18,21,24H,3,5,11,13-14H2,1-2H3,(H,22,25)/t16-,18+,21-/m0/s1. The Balaban J connectivity index is 1.72. The van der Waals surface area contributed by atoms with Gasteiger partial charge in [0.25, 0.3) is 0 Å². The zero-order chi connectivity index (χ0) is 18.5. The molecule has 1 amide bonds. The second-order valence-electron chi connectivity index (χ2n) is 7.27. The molecule has 1 fully saturated rings. The molecule has 2 aromatic rings. The molecule has 0 saturated carbocycles. The Bertz CT molecular complexity index is 699. The monoisotopic (exact) mass is 372 g/mol. The van der Waals surface area contributed by atoms with Crippen LogP contribution in [0.5, 0.6) is 0 Å². The van der Waals surface area contributed by atoms with Crippen LogP contribution in [0.1, 0.15) is 41.8 Å². The molecular weight excluding hydrogens is 344 g/mol. The van der Waals surface area contributed by atoms with Crippen molar-refractivity contribution in [3.8, 4) is 0 Å². The lowest BCUT2D eigenvalue weighted by Gasteiger charge is -2.38. The minimum Gasteiger partial charge on any atom is -0.395 e. The summed E-state index contributed by atoms with van der Waals surface area (Å²) in [5, 5.41) is 15.0. The number of carbonyl (C=O) groups excluding carboxylic acids is 1. The van der Waals surface area contributed by atoms with E-state index in [2.05, 4.69) is 54.4 Å². The highest BCUT2D eigenvalue weighted by Crippen LogP contribution is 2.27. The molecule has 1 aromatic carbocycles. The summed E-state index contributed by atoms with van der Waals surface area (Å²) >= 11 is 1.66. The van der Waals surface area contributed by atoms with Crippen LogP contribution in [0.4, 0.5) is 0 Å². The van der Waals surface area contributed by atoms with Crippen molar-refractivity contribution >= 4 is 17.2 Å². The Morgan fingerprint density at radius 1 is 1.35 bits per heavy atom. The molecule has 2 heterocycles. The largest absolute Gasteiger partial charge is 0.395 e. The summed E-state index contributed by atoms with van der Waals surface area (Å²) in [5.41, 5.74) is 2.30. The molecule has 0 unspecified atom stereocenters. The van der Waals surface area contributed by atoms with Gasteiger partial charge >= 0.3 is 0 Å². The number of thiophene rings is 1. The molecule has 0 spiro atoms. The summed E-state index contributed by atoms with van der Waals surface area (Å²) in [4.78, 5) is 16.1. The van der Waals surface area contributed by atoms with E-state index in [0.29, 0.717) is 12.5 Å². The molecule has 3 atom stereocenters. The lowest BCUT2D eigenvalue weighted by Crippen LogP contribution is -2.50. The van der Waals surface area contributed by atoms with E-state index in [4.69, 9.17) is 0 Å². The van der Waals surface area contributed by atoms with Crippen LogP contribution in [0.15, 0.2) is 41.8 Å². The number of aryl methyl sites for hydroxylation is 1. The quantitative estimate of drug-likeness (QED) is 0.818. The van der Waals surface area contributed by atoms with Crippen LogP contribution in [-0.2, 0) is 4.79 Å². The van der Waals surface area contributed by atoms with Gasteiger partial charge in [-0.05, 0) is 49.2 Å². The smallest absolute Gasteiger partial charge is 0.234 e. The molecule has 1 aliphatic heterocycles. The number of piperidine rings is 1. The first-order valence-corrected chi connectivity index (χ1v) is 10.2. The third-order valence-corrected chi connectivity index (χ3v) is 6.25. The maximum absolute atomic E-state index is 12.8. The van der Waals surface area contributed by atoms with E-state index < -0.39 is 0 Å². The van der Waals surface area contributed by atoms with Gasteiger partial charge in [-0.1, -0.05) is 42.8 Å². The van der Waals surface area contributed by atoms with Crippen molar-refractivity contribution in [3.63, 3.8) is 0 Å². The van der Waals surface area contributed by atoms with Crippen molar-refractivity contribution in [1.29, 1.82) is 0 Å².